The topological polar surface area (TPSA) is 119 Å². The zero-order valence-corrected chi connectivity index (χ0v) is 10.8. The van der Waals surface area contributed by atoms with Crippen molar-refractivity contribution in [3.8, 4) is 0 Å². The fourth-order valence-corrected chi connectivity index (χ4v) is 1.86. The minimum absolute atomic E-state index is 0.00475. The van der Waals surface area contributed by atoms with Gasteiger partial charge in [-0.05, 0) is 6.42 Å². The number of β-amino-alcohol motifs (C(OH)–C–C–N with tert-alkyl or cyclic N) is 1. The van der Waals surface area contributed by atoms with Crippen LogP contribution in [-0.2, 0) is 9.59 Å². The Balaban J connectivity index is 2.44. The van der Waals surface area contributed by atoms with Gasteiger partial charge in [-0.1, -0.05) is 6.92 Å². The molecule has 0 bridgehead atoms. The highest BCUT2D eigenvalue weighted by Crippen LogP contribution is 2.17. The number of aliphatic carboxylic acids is 1. The second kappa shape index (κ2) is 6.93. The SMILES string of the molecule is CCCNC(=O)CNC(=O)N1C[C@H](O)C[C@H]1C(=O)O. The van der Waals surface area contributed by atoms with E-state index < -0.39 is 24.1 Å². The summed E-state index contributed by atoms with van der Waals surface area (Å²) >= 11 is 0. The molecule has 0 aromatic rings. The Morgan fingerprint density at radius 1 is 1.32 bits per heavy atom. The number of carbonyl (C=O) groups excluding carboxylic acids is 2. The van der Waals surface area contributed by atoms with Crippen LogP contribution in [0, 0.1) is 0 Å². The fourth-order valence-electron chi connectivity index (χ4n) is 1.86. The van der Waals surface area contributed by atoms with Gasteiger partial charge in [0.05, 0.1) is 12.6 Å². The van der Waals surface area contributed by atoms with Crippen molar-refractivity contribution in [2.75, 3.05) is 19.6 Å². The molecule has 0 aromatic heterocycles. The summed E-state index contributed by atoms with van der Waals surface area (Å²) in [5, 5.41) is 23.3. The monoisotopic (exact) mass is 273 g/mol. The Morgan fingerprint density at radius 2 is 2.00 bits per heavy atom. The van der Waals surface area contributed by atoms with Gasteiger partial charge in [0.2, 0.25) is 5.91 Å². The number of amides is 3. The van der Waals surface area contributed by atoms with Crippen LogP contribution in [0.3, 0.4) is 0 Å². The van der Waals surface area contributed by atoms with Crippen LogP contribution in [0.25, 0.3) is 0 Å². The molecule has 0 radical (unpaired) electrons. The summed E-state index contributed by atoms with van der Waals surface area (Å²) in [5.41, 5.74) is 0. The van der Waals surface area contributed by atoms with Crippen LogP contribution >= 0.6 is 0 Å². The van der Waals surface area contributed by atoms with E-state index in [4.69, 9.17) is 5.11 Å². The van der Waals surface area contributed by atoms with E-state index in [9.17, 15) is 19.5 Å². The molecule has 0 unspecified atom stereocenters. The summed E-state index contributed by atoms with van der Waals surface area (Å²) in [7, 11) is 0. The van der Waals surface area contributed by atoms with Crippen LogP contribution in [-0.4, -0.2) is 64.8 Å². The van der Waals surface area contributed by atoms with E-state index >= 15 is 0 Å². The Morgan fingerprint density at radius 3 is 2.58 bits per heavy atom. The first kappa shape index (κ1) is 15.2. The molecule has 1 fully saturated rings. The molecule has 2 atom stereocenters. The summed E-state index contributed by atoms with van der Waals surface area (Å²) in [6.07, 6.45) is -0.0510. The number of rotatable bonds is 5. The molecule has 1 aliphatic rings. The normalized spacial score (nSPS) is 22.1. The number of nitrogens with zero attached hydrogens (tertiary/aromatic N) is 1. The van der Waals surface area contributed by atoms with Crippen LogP contribution in [0.4, 0.5) is 4.79 Å². The predicted molar refractivity (Wildman–Crippen MR) is 65.5 cm³/mol. The lowest BCUT2D eigenvalue weighted by molar-refractivity contribution is -0.141. The lowest BCUT2D eigenvalue weighted by atomic mass is 10.2. The summed E-state index contributed by atoms with van der Waals surface area (Å²) in [4.78, 5) is 35.0. The molecule has 108 valence electrons. The van der Waals surface area contributed by atoms with E-state index in [0.717, 1.165) is 11.3 Å². The third kappa shape index (κ3) is 4.40. The highest BCUT2D eigenvalue weighted by Gasteiger charge is 2.38. The highest BCUT2D eigenvalue weighted by atomic mass is 16.4. The number of carboxylic acids is 1. The zero-order valence-electron chi connectivity index (χ0n) is 10.8. The number of hydrogen-bond acceptors (Lipinski definition) is 4. The Bertz CT molecular complexity index is 360. The Kier molecular flexibility index (Phi) is 5.56. The van der Waals surface area contributed by atoms with Crippen LogP contribution in [0.1, 0.15) is 19.8 Å². The number of urea groups is 1. The maximum absolute atomic E-state index is 11.7. The van der Waals surface area contributed by atoms with Crippen molar-refractivity contribution in [1.82, 2.24) is 15.5 Å². The molecule has 19 heavy (non-hydrogen) atoms. The van der Waals surface area contributed by atoms with Gasteiger partial charge in [0.1, 0.15) is 6.04 Å². The van der Waals surface area contributed by atoms with Crippen molar-refractivity contribution < 1.29 is 24.6 Å². The van der Waals surface area contributed by atoms with E-state index in [2.05, 4.69) is 10.6 Å². The van der Waals surface area contributed by atoms with Gasteiger partial charge < -0.3 is 25.7 Å². The summed E-state index contributed by atoms with van der Waals surface area (Å²) in [6, 6.07) is -1.70. The van der Waals surface area contributed by atoms with Crippen LogP contribution in [0.5, 0.6) is 0 Å². The van der Waals surface area contributed by atoms with Gasteiger partial charge in [0, 0.05) is 19.5 Å². The molecule has 8 nitrogen and oxygen atoms in total. The molecule has 1 heterocycles. The summed E-state index contributed by atoms with van der Waals surface area (Å²) in [6.45, 7) is 2.17. The van der Waals surface area contributed by atoms with Crippen molar-refractivity contribution in [2.45, 2.75) is 31.9 Å². The smallest absolute Gasteiger partial charge is 0.326 e. The van der Waals surface area contributed by atoms with Crippen molar-refractivity contribution in [2.24, 2.45) is 0 Å². The molecule has 0 spiro atoms. The van der Waals surface area contributed by atoms with E-state index in [1.165, 1.54) is 0 Å². The number of carboxylic acid groups (broad SMARTS) is 1. The summed E-state index contributed by atoms with van der Waals surface area (Å²) in [5.74, 6) is -1.50. The maximum Gasteiger partial charge on any atom is 0.326 e. The number of hydrogen-bond donors (Lipinski definition) is 4. The molecule has 3 amide bonds. The minimum atomic E-state index is -1.16. The van der Waals surface area contributed by atoms with Gasteiger partial charge in [-0.15, -0.1) is 0 Å². The average Bonchev–Trinajstić information content (AvgIpc) is 2.75. The van der Waals surface area contributed by atoms with Gasteiger partial charge >= 0.3 is 12.0 Å². The van der Waals surface area contributed by atoms with E-state index in [0.29, 0.717) is 6.54 Å². The molecule has 0 saturated carbocycles. The van der Waals surface area contributed by atoms with Gasteiger partial charge in [-0.3, -0.25) is 4.79 Å². The maximum atomic E-state index is 11.7. The molecule has 0 aliphatic carbocycles. The lowest BCUT2D eigenvalue weighted by Gasteiger charge is -2.21. The molecule has 1 saturated heterocycles. The predicted octanol–water partition coefficient (Wildman–Crippen LogP) is -1.26. The molecular weight excluding hydrogens is 254 g/mol. The van der Waals surface area contributed by atoms with Crippen LogP contribution in [0.2, 0.25) is 0 Å². The lowest BCUT2D eigenvalue weighted by Crippen LogP contribution is -2.48. The number of aliphatic hydroxyl groups excluding tert-OH is 1. The largest absolute Gasteiger partial charge is 0.480 e. The zero-order chi connectivity index (χ0) is 14.4. The quantitative estimate of drug-likeness (QED) is 0.498. The Labute approximate surface area is 110 Å². The van der Waals surface area contributed by atoms with E-state index in [-0.39, 0.29) is 25.4 Å². The van der Waals surface area contributed by atoms with Gasteiger partial charge in [-0.25, -0.2) is 9.59 Å². The van der Waals surface area contributed by atoms with Crippen molar-refractivity contribution in [1.29, 1.82) is 0 Å². The number of nitrogens with one attached hydrogen (secondary N) is 2. The molecular formula is C11H19N3O5. The molecule has 8 heteroatoms. The fraction of sp³-hybridized carbons (Fsp3) is 0.727. The minimum Gasteiger partial charge on any atom is -0.480 e. The third-order valence-corrected chi connectivity index (χ3v) is 2.80. The molecule has 0 aromatic carbocycles. The average molecular weight is 273 g/mol. The molecule has 1 aliphatic heterocycles. The van der Waals surface area contributed by atoms with Crippen molar-refractivity contribution in [3.05, 3.63) is 0 Å². The second-order valence-corrected chi connectivity index (χ2v) is 4.40. The Hall–Kier alpha value is -1.83. The first-order valence-electron chi connectivity index (χ1n) is 6.17. The molecule has 1 rings (SSSR count). The number of likely N-dealkylation sites (tertiary alicyclic amines) is 1. The van der Waals surface area contributed by atoms with Gasteiger partial charge in [-0.2, -0.15) is 0 Å². The first-order valence-corrected chi connectivity index (χ1v) is 6.17. The van der Waals surface area contributed by atoms with E-state index in [1.54, 1.807) is 0 Å². The first-order chi connectivity index (χ1) is 8.95. The van der Waals surface area contributed by atoms with Gasteiger partial charge in [0.25, 0.3) is 0 Å². The summed E-state index contributed by atoms with van der Waals surface area (Å²) < 4.78 is 0. The molecule has 4 N–H and O–H groups in total. The standard InChI is InChI=1S/C11H19N3O5/c1-2-3-12-9(16)5-13-11(19)14-6-7(15)4-8(14)10(17)18/h7-8,15H,2-6H2,1H3,(H,12,16)(H,13,19)(H,17,18)/t7-,8+/m1/s1. The van der Waals surface area contributed by atoms with Gasteiger partial charge in [0.15, 0.2) is 0 Å². The number of aliphatic hydroxyl groups is 1. The second-order valence-electron chi connectivity index (χ2n) is 4.40. The van der Waals surface area contributed by atoms with Crippen molar-refractivity contribution in [3.63, 3.8) is 0 Å². The van der Waals surface area contributed by atoms with E-state index in [1.807, 2.05) is 6.92 Å². The highest BCUT2D eigenvalue weighted by molar-refractivity contribution is 5.87. The van der Waals surface area contributed by atoms with Crippen LogP contribution < -0.4 is 10.6 Å². The third-order valence-electron chi connectivity index (χ3n) is 2.80. The number of carbonyl (C=O) groups is 3. The van der Waals surface area contributed by atoms with Crippen LogP contribution in [0.15, 0.2) is 0 Å². The van der Waals surface area contributed by atoms with Crippen molar-refractivity contribution >= 4 is 17.9 Å².